The molecule has 0 heterocycles. The highest BCUT2D eigenvalue weighted by molar-refractivity contribution is 5.85. The highest BCUT2D eigenvalue weighted by atomic mass is 35.5. The number of aromatic hydroxyl groups is 1. The molecule has 0 fully saturated rings. The highest BCUT2D eigenvalue weighted by Gasteiger charge is 2.11. The molecule has 0 bridgehead atoms. The second kappa shape index (κ2) is 7.14. The largest absolute Gasteiger partial charge is 0.508 e. The Bertz CT molecular complexity index is 342. The minimum Gasteiger partial charge on any atom is -0.508 e. The molecule has 0 unspecified atom stereocenters. The lowest BCUT2D eigenvalue weighted by atomic mass is 10.0. The second-order valence-corrected chi connectivity index (χ2v) is 3.40. The Morgan fingerprint density at radius 2 is 2.25 bits per heavy atom. The van der Waals surface area contributed by atoms with Gasteiger partial charge in [0.25, 0.3) is 0 Å². The summed E-state index contributed by atoms with van der Waals surface area (Å²) < 4.78 is 5.08. The monoisotopic (exact) mass is 243 g/mol. The molecule has 16 heavy (non-hydrogen) atoms. The number of phenols is 1. The lowest BCUT2D eigenvalue weighted by molar-refractivity contribution is 0.409. The van der Waals surface area contributed by atoms with Crippen LogP contribution in [0.15, 0.2) is 30.9 Å². The van der Waals surface area contributed by atoms with Gasteiger partial charge in [0.1, 0.15) is 11.5 Å². The van der Waals surface area contributed by atoms with Crippen LogP contribution in [0.25, 0.3) is 0 Å². The molecular weight excluding hydrogens is 226 g/mol. The first-order valence-electron chi connectivity index (χ1n) is 4.92. The van der Waals surface area contributed by atoms with Gasteiger partial charge in [-0.15, -0.1) is 19.0 Å². The van der Waals surface area contributed by atoms with Crippen molar-refractivity contribution in [3.63, 3.8) is 0 Å². The van der Waals surface area contributed by atoms with Gasteiger partial charge in [-0.25, -0.2) is 0 Å². The summed E-state index contributed by atoms with van der Waals surface area (Å²) in [5, 5.41) is 9.64. The van der Waals surface area contributed by atoms with E-state index in [0.717, 1.165) is 18.4 Å². The van der Waals surface area contributed by atoms with E-state index in [2.05, 4.69) is 6.58 Å². The van der Waals surface area contributed by atoms with Gasteiger partial charge >= 0.3 is 0 Å². The molecule has 3 N–H and O–H groups in total. The van der Waals surface area contributed by atoms with Crippen molar-refractivity contribution in [2.45, 2.75) is 18.9 Å². The zero-order valence-corrected chi connectivity index (χ0v) is 10.2. The molecule has 0 aliphatic heterocycles. The molecule has 3 nitrogen and oxygen atoms in total. The van der Waals surface area contributed by atoms with Crippen LogP contribution in [-0.2, 0) is 0 Å². The van der Waals surface area contributed by atoms with Crippen molar-refractivity contribution < 1.29 is 9.84 Å². The second-order valence-electron chi connectivity index (χ2n) is 3.40. The lowest BCUT2D eigenvalue weighted by Gasteiger charge is -2.13. The van der Waals surface area contributed by atoms with Crippen LogP contribution in [0.1, 0.15) is 24.4 Å². The van der Waals surface area contributed by atoms with Crippen LogP contribution in [0.2, 0.25) is 0 Å². The van der Waals surface area contributed by atoms with Crippen LogP contribution in [0.5, 0.6) is 11.5 Å². The fraction of sp³-hybridized carbons (Fsp3) is 0.333. The molecule has 0 saturated heterocycles. The zero-order chi connectivity index (χ0) is 11.3. The van der Waals surface area contributed by atoms with Gasteiger partial charge in [0.05, 0.1) is 7.11 Å². The van der Waals surface area contributed by atoms with E-state index in [9.17, 15) is 5.11 Å². The van der Waals surface area contributed by atoms with Gasteiger partial charge in [-0.05, 0) is 31.0 Å². The predicted octanol–water partition coefficient (Wildman–Crippen LogP) is 2.79. The molecule has 1 rings (SSSR count). The summed E-state index contributed by atoms with van der Waals surface area (Å²) in [5.74, 6) is 0.921. The molecule has 0 aliphatic carbocycles. The Morgan fingerprint density at radius 1 is 1.56 bits per heavy atom. The summed E-state index contributed by atoms with van der Waals surface area (Å²) in [4.78, 5) is 0. The Labute approximate surface area is 102 Å². The summed E-state index contributed by atoms with van der Waals surface area (Å²) in [6, 6.07) is 4.89. The first-order valence-corrected chi connectivity index (χ1v) is 4.92. The van der Waals surface area contributed by atoms with Gasteiger partial charge in [-0.2, -0.15) is 0 Å². The molecule has 0 radical (unpaired) electrons. The summed E-state index contributed by atoms with van der Waals surface area (Å²) in [5.41, 5.74) is 6.66. The third-order valence-electron chi connectivity index (χ3n) is 2.32. The molecule has 0 aliphatic rings. The van der Waals surface area contributed by atoms with E-state index < -0.39 is 0 Å². The van der Waals surface area contributed by atoms with Gasteiger partial charge in [0.2, 0.25) is 0 Å². The van der Waals surface area contributed by atoms with Gasteiger partial charge in [-0.3, -0.25) is 0 Å². The molecular formula is C12H18ClNO2. The number of nitrogens with two attached hydrogens (primary N) is 1. The number of hydrogen-bond acceptors (Lipinski definition) is 3. The van der Waals surface area contributed by atoms with Crippen molar-refractivity contribution in [3.8, 4) is 11.5 Å². The smallest absolute Gasteiger partial charge is 0.120 e. The summed E-state index contributed by atoms with van der Waals surface area (Å²) >= 11 is 0. The number of benzene rings is 1. The Balaban J connectivity index is 0.00000225. The van der Waals surface area contributed by atoms with Crippen molar-refractivity contribution in [2.24, 2.45) is 5.73 Å². The van der Waals surface area contributed by atoms with Crippen LogP contribution in [0, 0.1) is 0 Å². The third-order valence-corrected chi connectivity index (χ3v) is 2.32. The maximum Gasteiger partial charge on any atom is 0.120 e. The van der Waals surface area contributed by atoms with Crippen LogP contribution < -0.4 is 10.5 Å². The van der Waals surface area contributed by atoms with Crippen molar-refractivity contribution in [2.75, 3.05) is 7.11 Å². The molecule has 0 saturated carbocycles. The first kappa shape index (κ1) is 14.8. The van der Waals surface area contributed by atoms with E-state index in [-0.39, 0.29) is 24.2 Å². The maximum atomic E-state index is 9.64. The van der Waals surface area contributed by atoms with Gasteiger partial charge in [-0.1, -0.05) is 6.08 Å². The fourth-order valence-corrected chi connectivity index (χ4v) is 1.41. The van der Waals surface area contributed by atoms with Crippen LogP contribution in [-0.4, -0.2) is 12.2 Å². The van der Waals surface area contributed by atoms with Crippen LogP contribution in [0.3, 0.4) is 0 Å². The number of rotatable bonds is 5. The lowest BCUT2D eigenvalue weighted by Crippen LogP contribution is -2.10. The van der Waals surface area contributed by atoms with Gasteiger partial charge in [0.15, 0.2) is 0 Å². The third kappa shape index (κ3) is 3.76. The average molecular weight is 244 g/mol. The number of ether oxygens (including phenoxy) is 1. The minimum atomic E-state index is -0.182. The molecule has 0 amide bonds. The first-order chi connectivity index (χ1) is 7.19. The number of halogens is 1. The van der Waals surface area contributed by atoms with Crippen molar-refractivity contribution in [3.05, 3.63) is 36.4 Å². The van der Waals surface area contributed by atoms with Crippen LogP contribution in [0.4, 0.5) is 0 Å². The summed E-state index contributed by atoms with van der Waals surface area (Å²) in [7, 11) is 1.59. The SMILES string of the molecule is C=CCC[C@H](N)c1cc(OC)ccc1O.Cl. The van der Waals surface area contributed by atoms with E-state index in [1.165, 1.54) is 0 Å². The highest BCUT2D eigenvalue weighted by Crippen LogP contribution is 2.29. The van der Waals surface area contributed by atoms with Crippen molar-refractivity contribution >= 4 is 12.4 Å². The molecule has 4 heteroatoms. The number of allylic oxidation sites excluding steroid dienone is 1. The number of hydrogen-bond donors (Lipinski definition) is 2. The Hall–Kier alpha value is -1.19. The normalized spacial score (nSPS) is 11.4. The minimum absolute atomic E-state index is 0. The molecule has 1 aromatic rings. The standard InChI is InChI=1S/C12H17NO2.ClH/c1-3-4-5-11(13)10-8-9(15-2)6-7-12(10)14;/h3,6-8,11,14H,1,4-5,13H2,2H3;1H/t11-;/m0./s1. The van der Waals surface area contributed by atoms with Crippen molar-refractivity contribution in [1.82, 2.24) is 0 Å². The van der Waals surface area contributed by atoms with Crippen LogP contribution >= 0.6 is 12.4 Å². The van der Waals surface area contributed by atoms with E-state index in [1.807, 2.05) is 6.08 Å². The number of phenolic OH excluding ortho intramolecular Hbond substituents is 1. The zero-order valence-electron chi connectivity index (χ0n) is 9.35. The molecule has 90 valence electrons. The Kier molecular flexibility index (Phi) is 6.61. The van der Waals surface area contributed by atoms with Gasteiger partial charge in [0, 0.05) is 11.6 Å². The quantitative estimate of drug-likeness (QED) is 0.782. The Morgan fingerprint density at radius 3 is 2.81 bits per heavy atom. The van der Waals surface area contributed by atoms with Crippen molar-refractivity contribution in [1.29, 1.82) is 0 Å². The molecule has 0 spiro atoms. The molecule has 1 atom stereocenters. The maximum absolute atomic E-state index is 9.64. The number of methoxy groups -OCH3 is 1. The molecule has 0 aromatic heterocycles. The van der Waals surface area contributed by atoms with E-state index in [1.54, 1.807) is 25.3 Å². The fourth-order valence-electron chi connectivity index (χ4n) is 1.41. The van der Waals surface area contributed by atoms with E-state index in [0.29, 0.717) is 5.75 Å². The topological polar surface area (TPSA) is 55.5 Å². The summed E-state index contributed by atoms with van der Waals surface area (Å²) in [6.07, 6.45) is 3.42. The van der Waals surface area contributed by atoms with E-state index >= 15 is 0 Å². The van der Waals surface area contributed by atoms with Gasteiger partial charge < -0.3 is 15.6 Å². The predicted molar refractivity (Wildman–Crippen MR) is 68.3 cm³/mol. The van der Waals surface area contributed by atoms with E-state index in [4.69, 9.17) is 10.5 Å². The molecule has 1 aromatic carbocycles. The average Bonchev–Trinajstić information content (AvgIpc) is 2.26. The summed E-state index contributed by atoms with van der Waals surface area (Å²) in [6.45, 7) is 3.64.